The number of nitrogens with one attached hydrogen (secondary N) is 1. The Labute approximate surface area is 170 Å². The molecule has 152 valence electrons. The zero-order chi connectivity index (χ0) is 20.6. The molecule has 6 nitrogen and oxygen atoms in total. The Kier molecular flexibility index (Phi) is 5.32. The summed E-state index contributed by atoms with van der Waals surface area (Å²) in [6.07, 6.45) is 2.64. The number of thiazole rings is 1. The second kappa shape index (κ2) is 7.77. The summed E-state index contributed by atoms with van der Waals surface area (Å²) in [5.41, 5.74) is 0.380. The molecule has 0 atom stereocenters. The van der Waals surface area contributed by atoms with Crippen LogP contribution in [0.5, 0.6) is 0 Å². The zero-order valence-corrected chi connectivity index (χ0v) is 16.8. The number of halogens is 2. The van der Waals surface area contributed by atoms with E-state index in [2.05, 4.69) is 10.3 Å². The van der Waals surface area contributed by atoms with Crippen LogP contribution in [0.1, 0.15) is 29.6 Å². The topological polar surface area (TPSA) is 79.4 Å². The molecule has 0 unspecified atom stereocenters. The van der Waals surface area contributed by atoms with Gasteiger partial charge in [0.15, 0.2) is 16.8 Å². The predicted molar refractivity (Wildman–Crippen MR) is 107 cm³/mol. The van der Waals surface area contributed by atoms with Gasteiger partial charge in [0, 0.05) is 24.7 Å². The maximum Gasteiger partial charge on any atom is 0.257 e. The molecule has 1 aliphatic heterocycles. The van der Waals surface area contributed by atoms with Gasteiger partial charge in [-0.15, -0.1) is 0 Å². The van der Waals surface area contributed by atoms with Gasteiger partial charge in [-0.05, 0) is 37.1 Å². The van der Waals surface area contributed by atoms with E-state index in [-0.39, 0.29) is 21.1 Å². The van der Waals surface area contributed by atoms with Gasteiger partial charge in [-0.1, -0.05) is 23.8 Å². The molecule has 1 saturated heterocycles. The minimum absolute atomic E-state index is 0.0560. The highest BCUT2D eigenvalue weighted by molar-refractivity contribution is 7.89. The van der Waals surface area contributed by atoms with Crippen LogP contribution in [0, 0.1) is 11.6 Å². The van der Waals surface area contributed by atoms with Crippen LogP contribution in [0.3, 0.4) is 0 Å². The van der Waals surface area contributed by atoms with E-state index in [1.807, 2.05) is 0 Å². The molecule has 0 saturated carbocycles. The van der Waals surface area contributed by atoms with E-state index in [1.165, 1.54) is 28.6 Å². The number of carbonyl (C=O) groups is 1. The molecule has 1 fully saturated rings. The fourth-order valence-electron chi connectivity index (χ4n) is 3.20. The van der Waals surface area contributed by atoms with Gasteiger partial charge in [-0.2, -0.15) is 4.31 Å². The average Bonchev–Trinajstić information content (AvgIpc) is 3.10. The lowest BCUT2D eigenvalue weighted by atomic mass is 10.2. The molecule has 29 heavy (non-hydrogen) atoms. The minimum atomic E-state index is -3.66. The average molecular weight is 437 g/mol. The summed E-state index contributed by atoms with van der Waals surface area (Å²) in [5.74, 6) is -2.56. The van der Waals surface area contributed by atoms with Crippen molar-refractivity contribution in [2.45, 2.75) is 24.2 Å². The molecule has 0 bridgehead atoms. The van der Waals surface area contributed by atoms with E-state index < -0.39 is 27.6 Å². The molecular weight excluding hydrogens is 420 g/mol. The molecule has 1 aliphatic rings. The Morgan fingerprint density at radius 3 is 2.55 bits per heavy atom. The third kappa shape index (κ3) is 4.00. The highest BCUT2D eigenvalue weighted by Crippen LogP contribution is 2.28. The van der Waals surface area contributed by atoms with E-state index in [9.17, 15) is 22.0 Å². The number of fused-ring (bicyclic) bond motifs is 1. The number of hydrogen-bond donors (Lipinski definition) is 1. The van der Waals surface area contributed by atoms with Crippen molar-refractivity contribution in [3.8, 4) is 0 Å². The first-order chi connectivity index (χ1) is 13.8. The number of amides is 1. The fourth-order valence-corrected chi connectivity index (χ4v) is 5.63. The van der Waals surface area contributed by atoms with Crippen LogP contribution in [0.25, 0.3) is 10.2 Å². The van der Waals surface area contributed by atoms with Crippen LogP contribution in [-0.2, 0) is 10.0 Å². The van der Waals surface area contributed by atoms with E-state index in [0.29, 0.717) is 17.8 Å². The molecule has 0 radical (unpaired) electrons. The number of nitrogens with zero attached hydrogens (tertiary/aromatic N) is 2. The van der Waals surface area contributed by atoms with Gasteiger partial charge < -0.3 is 0 Å². The summed E-state index contributed by atoms with van der Waals surface area (Å²) in [5, 5.41) is 2.73. The molecule has 4 rings (SSSR count). The third-order valence-electron chi connectivity index (χ3n) is 4.70. The van der Waals surface area contributed by atoms with Crippen molar-refractivity contribution in [3.05, 3.63) is 53.6 Å². The van der Waals surface area contributed by atoms with Crippen LogP contribution in [0.15, 0.2) is 41.3 Å². The number of carbonyl (C=O) groups excluding carboxylic acids is 1. The van der Waals surface area contributed by atoms with Crippen molar-refractivity contribution in [2.75, 3.05) is 18.4 Å². The van der Waals surface area contributed by atoms with Gasteiger partial charge in [0.1, 0.15) is 0 Å². The van der Waals surface area contributed by atoms with Gasteiger partial charge in [0.25, 0.3) is 5.91 Å². The van der Waals surface area contributed by atoms with Crippen LogP contribution in [0.4, 0.5) is 13.9 Å². The normalized spacial score (nSPS) is 15.5. The number of aromatic nitrogens is 1. The minimum Gasteiger partial charge on any atom is -0.298 e. The Morgan fingerprint density at radius 2 is 1.79 bits per heavy atom. The summed E-state index contributed by atoms with van der Waals surface area (Å²) in [6, 6.07) is 7.77. The lowest BCUT2D eigenvalue weighted by Crippen LogP contribution is -2.35. The van der Waals surface area contributed by atoms with E-state index >= 15 is 0 Å². The lowest BCUT2D eigenvalue weighted by molar-refractivity contribution is 0.102. The van der Waals surface area contributed by atoms with Gasteiger partial charge in [0.05, 0.1) is 15.1 Å². The van der Waals surface area contributed by atoms with Crippen molar-refractivity contribution in [1.82, 2.24) is 9.29 Å². The standard InChI is InChI=1S/C19H17F2N3O3S2/c20-14-10-16-17(11-15(14)21)28-19(22-16)23-18(25)12-5-4-6-13(9-12)29(26,27)24-7-2-1-3-8-24/h4-6,9-11H,1-3,7-8H2,(H,22,23,25). The summed E-state index contributed by atoms with van der Waals surface area (Å²) >= 11 is 0.999. The summed E-state index contributed by atoms with van der Waals surface area (Å²) in [6.45, 7) is 0.940. The van der Waals surface area contributed by atoms with Gasteiger partial charge in [-0.3, -0.25) is 10.1 Å². The van der Waals surface area contributed by atoms with E-state index in [0.717, 1.165) is 42.7 Å². The summed E-state index contributed by atoms with van der Waals surface area (Å²) in [4.78, 5) is 16.7. The van der Waals surface area contributed by atoms with Crippen molar-refractivity contribution < 1.29 is 22.0 Å². The molecular formula is C19H17F2N3O3S2. The fraction of sp³-hybridized carbons (Fsp3) is 0.263. The zero-order valence-electron chi connectivity index (χ0n) is 15.2. The van der Waals surface area contributed by atoms with E-state index in [4.69, 9.17) is 0 Å². The number of benzene rings is 2. The largest absolute Gasteiger partial charge is 0.298 e. The molecule has 3 aromatic rings. The Morgan fingerprint density at radius 1 is 1.07 bits per heavy atom. The molecule has 2 heterocycles. The maximum atomic E-state index is 13.4. The van der Waals surface area contributed by atoms with Crippen LogP contribution in [-0.4, -0.2) is 36.7 Å². The Balaban J connectivity index is 1.57. The number of anilines is 1. The second-order valence-corrected chi connectivity index (χ2v) is 9.67. The molecule has 0 aliphatic carbocycles. The lowest BCUT2D eigenvalue weighted by Gasteiger charge is -2.26. The van der Waals surface area contributed by atoms with Gasteiger partial charge in [-0.25, -0.2) is 22.2 Å². The molecule has 1 N–H and O–H groups in total. The van der Waals surface area contributed by atoms with Gasteiger partial charge in [0.2, 0.25) is 10.0 Å². The monoisotopic (exact) mass is 437 g/mol. The maximum absolute atomic E-state index is 13.4. The second-order valence-electron chi connectivity index (χ2n) is 6.70. The van der Waals surface area contributed by atoms with Gasteiger partial charge >= 0.3 is 0 Å². The van der Waals surface area contributed by atoms with Crippen LogP contribution < -0.4 is 5.32 Å². The van der Waals surface area contributed by atoms with Crippen molar-refractivity contribution in [3.63, 3.8) is 0 Å². The smallest absolute Gasteiger partial charge is 0.257 e. The summed E-state index contributed by atoms with van der Waals surface area (Å²) < 4.78 is 54.1. The van der Waals surface area contributed by atoms with Crippen molar-refractivity contribution in [2.24, 2.45) is 0 Å². The quantitative estimate of drug-likeness (QED) is 0.669. The first-order valence-electron chi connectivity index (χ1n) is 9.02. The number of sulfonamides is 1. The molecule has 0 spiro atoms. The SMILES string of the molecule is O=C(Nc1nc2cc(F)c(F)cc2s1)c1cccc(S(=O)(=O)N2CCCCC2)c1. The van der Waals surface area contributed by atoms with Crippen molar-refractivity contribution in [1.29, 1.82) is 0 Å². The molecule has 1 amide bonds. The van der Waals surface area contributed by atoms with Crippen LogP contribution >= 0.6 is 11.3 Å². The Hall–Kier alpha value is -2.43. The highest BCUT2D eigenvalue weighted by Gasteiger charge is 2.26. The molecule has 1 aromatic heterocycles. The van der Waals surface area contributed by atoms with E-state index in [1.54, 1.807) is 0 Å². The van der Waals surface area contributed by atoms with Crippen LogP contribution in [0.2, 0.25) is 0 Å². The molecule has 10 heteroatoms. The molecule has 2 aromatic carbocycles. The highest BCUT2D eigenvalue weighted by atomic mass is 32.2. The number of hydrogen-bond acceptors (Lipinski definition) is 5. The van der Waals surface area contributed by atoms with Crippen molar-refractivity contribution >= 4 is 42.6 Å². The first kappa shape index (κ1) is 19.9. The summed E-state index contributed by atoms with van der Waals surface area (Å²) in [7, 11) is -3.66. The number of rotatable bonds is 4. The Bertz CT molecular complexity index is 1150. The third-order valence-corrected chi connectivity index (χ3v) is 7.53. The number of piperidine rings is 1. The predicted octanol–water partition coefficient (Wildman–Crippen LogP) is 4.00. The first-order valence-corrected chi connectivity index (χ1v) is 11.3.